The molecule has 0 N–H and O–H groups in total. The first kappa shape index (κ1) is 12.0. The third-order valence-electron chi connectivity index (χ3n) is 3.74. The van der Waals surface area contributed by atoms with Gasteiger partial charge in [-0.3, -0.25) is 10.1 Å². The molecule has 1 aromatic rings. The van der Waals surface area contributed by atoms with Gasteiger partial charge in [-0.15, -0.1) is 0 Å². The van der Waals surface area contributed by atoms with Crippen molar-refractivity contribution < 1.29 is 9.41 Å². The molecule has 1 aromatic carbocycles. The fraction of sp³-hybridized carbons (Fsp3) is 0.500. The van der Waals surface area contributed by atoms with Crippen LogP contribution in [0.1, 0.15) is 0 Å². The van der Waals surface area contributed by atoms with Gasteiger partial charge in [-0.2, -0.15) is 5.11 Å². The molecule has 2 aliphatic rings. The lowest BCUT2D eigenvalue weighted by Gasteiger charge is -2.25. The van der Waals surface area contributed by atoms with Crippen LogP contribution in [-0.2, 0) is 0 Å². The van der Waals surface area contributed by atoms with E-state index in [1.165, 1.54) is 12.1 Å². The van der Waals surface area contributed by atoms with Crippen LogP contribution in [0.25, 0.3) is 0 Å². The predicted octanol–water partition coefficient (Wildman–Crippen LogP) is 1.61. The summed E-state index contributed by atoms with van der Waals surface area (Å²) < 4.78 is 0.928. The topological polar surface area (TPSA) is 71.1 Å². The molecule has 0 bridgehead atoms. The van der Waals surface area contributed by atoms with Crippen LogP contribution in [0.5, 0.6) is 0 Å². The fourth-order valence-electron chi connectivity index (χ4n) is 2.84. The molecule has 3 rings (SSSR count). The van der Waals surface area contributed by atoms with E-state index >= 15 is 0 Å². The Balaban J connectivity index is 1.84. The van der Waals surface area contributed by atoms with Gasteiger partial charge in [0.25, 0.3) is 5.69 Å². The lowest BCUT2D eigenvalue weighted by Crippen LogP contribution is -2.40. The SMILES string of the molecule is C[N+]1(C)C[C@@H]2N=NN(c3ccc([N+](=O)[O-])cc3)[C@@H]2C1. The number of benzene rings is 1. The maximum absolute atomic E-state index is 10.6. The van der Waals surface area contributed by atoms with E-state index in [4.69, 9.17) is 0 Å². The van der Waals surface area contributed by atoms with Crippen LogP contribution < -0.4 is 5.01 Å². The molecule has 2 atom stereocenters. The van der Waals surface area contributed by atoms with E-state index in [0.29, 0.717) is 0 Å². The van der Waals surface area contributed by atoms with Crippen LogP contribution in [-0.4, -0.2) is 48.7 Å². The van der Waals surface area contributed by atoms with Gasteiger partial charge < -0.3 is 4.48 Å². The van der Waals surface area contributed by atoms with E-state index in [2.05, 4.69) is 24.4 Å². The summed E-state index contributed by atoms with van der Waals surface area (Å²) in [6, 6.07) is 6.97. The molecule has 0 aliphatic carbocycles. The van der Waals surface area contributed by atoms with Crippen molar-refractivity contribution in [1.29, 1.82) is 0 Å². The molecule has 0 amide bonds. The van der Waals surface area contributed by atoms with Crippen LogP contribution in [0.3, 0.4) is 0 Å². The zero-order valence-electron chi connectivity index (χ0n) is 10.9. The molecule has 7 heteroatoms. The number of non-ortho nitro benzene ring substituents is 1. The molecular formula is C12H16N5O2+. The van der Waals surface area contributed by atoms with Crippen molar-refractivity contribution in [3.63, 3.8) is 0 Å². The summed E-state index contributed by atoms with van der Waals surface area (Å²) in [5.41, 5.74) is 0.961. The summed E-state index contributed by atoms with van der Waals surface area (Å²) in [7, 11) is 4.36. The fourth-order valence-corrected chi connectivity index (χ4v) is 2.84. The highest BCUT2D eigenvalue weighted by Gasteiger charge is 2.47. The minimum absolute atomic E-state index is 0.0963. The van der Waals surface area contributed by atoms with Gasteiger partial charge in [-0.05, 0) is 12.1 Å². The summed E-state index contributed by atoms with van der Waals surface area (Å²) in [4.78, 5) is 10.3. The summed E-state index contributed by atoms with van der Waals surface area (Å²) in [6.45, 7) is 1.96. The van der Waals surface area contributed by atoms with Crippen LogP contribution >= 0.6 is 0 Å². The molecule has 19 heavy (non-hydrogen) atoms. The van der Waals surface area contributed by atoms with E-state index in [0.717, 1.165) is 23.3 Å². The average Bonchev–Trinajstić information content (AvgIpc) is 2.84. The Morgan fingerprint density at radius 2 is 2.00 bits per heavy atom. The first-order valence-electron chi connectivity index (χ1n) is 6.23. The van der Waals surface area contributed by atoms with Crippen molar-refractivity contribution in [2.75, 3.05) is 32.2 Å². The Kier molecular flexibility index (Phi) is 2.53. The molecule has 0 saturated carbocycles. The van der Waals surface area contributed by atoms with Gasteiger partial charge in [0.2, 0.25) is 0 Å². The Hall–Kier alpha value is -2.02. The third-order valence-corrected chi connectivity index (χ3v) is 3.74. The Morgan fingerprint density at radius 1 is 1.32 bits per heavy atom. The van der Waals surface area contributed by atoms with Gasteiger partial charge >= 0.3 is 0 Å². The number of likely N-dealkylation sites (tertiary alicyclic amines) is 1. The molecule has 0 aromatic heterocycles. The predicted molar refractivity (Wildman–Crippen MR) is 69.8 cm³/mol. The molecule has 7 nitrogen and oxygen atoms in total. The number of nitro benzene ring substituents is 1. The molecule has 2 heterocycles. The van der Waals surface area contributed by atoms with Crippen molar-refractivity contribution >= 4 is 11.4 Å². The summed E-state index contributed by atoms with van der Waals surface area (Å²) >= 11 is 0. The van der Waals surface area contributed by atoms with E-state index in [-0.39, 0.29) is 17.8 Å². The third kappa shape index (κ3) is 2.06. The van der Waals surface area contributed by atoms with Crippen molar-refractivity contribution in [1.82, 2.24) is 0 Å². The maximum Gasteiger partial charge on any atom is 0.269 e. The molecule has 1 saturated heterocycles. The number of rotatable bonds is 2. The molecule has 1 fully saturated rings. The standard InChI is InChI=1S/C12H16N5O2/c1-17(2)7-11-12(8-17)15(14-13-11)9-3-5-10(6-4-9)16(18)19/h3-6,11-12H,7-8H2,1-2H3/q+1/t11-,12+/m0/s1. The Labute approximate surface area is 110 Å². The van der Waals surface area contributed by atoms with Crippen LogP contribution in [0.4, 0.5) is 11.4 Å². The number of anilines is 1. The van der Waals surface area contributed by atoms with E-state index in [9.17, 15) is 10.1 Å². The van der Waals surface area contributed by atoms with Gasteiger partial charge in [-0.25, -0.2) is 5.01 Å². The highest BCUT2D eigenvalue weighted by Crippen LogP contribution is 2.33. The Bertz CT molecular complexity index is 540. The second-order valence-electron chi connectivity index (χ2n) is 5.76. The minimum Gasteiger partial charge on any atom is -0.325 e. The lowest BCUT2D eigenvalue weighted by atomic mass is 10.1. The number of nitrogens with zero attached hydrogens (tertiary/aromatic N) is 5. The number of likely N-dealkylation sites (N-methyl/N-ethyl adjacent to an activating group) is 1. The molecular weight excluding hydrogens is 246 g/mol. The summed E-state index contributed by atoms with van der Waals surface area (Å²) in [6.07, 6.45) is 0. The molecule has 0 spiro atoms. The van der Waals surface area contributed by atoms with E-state index in [1.807, 2.05) is 5.01 Å². The minimum atomic E-state index is -0.395. The first-order valence-corrected chi connectivity index (χ1v) is 6.23. The zero-order valence-corrected chi connectivity index (χ0v) is 10.9. The highest BCUT2D eigenvalue weighted by atomic mass is 16.6. The number of hydrogen-bond acceptors (Lipinski definition) is 5. The number of quaternary nitrogens is 1. The first-order chi connectivity index (χ1) is 8.96. The van der Waals surface area contributed by atoms with Crippen molar-refractivity contribution in [3.05, 3.63) is 34.4 Å². The second kappa shape index (κ2) is 3.99. The lowest BCUT2D eigenvalue weighted by molar-refractivity contribution is -0.878. The zero-order chi connectivity index (χ0) is 13.6. The van der Waals surface area contributed by atoms with E-state index in [1.54, 1.807) is 12.1 Å². The van der Waals surface area contributed by atoms with Crippen LogP contribution in [0.15, 0.2) is 34.6 Å². The van der Waals surface area contributed by atoms with Gasteiger partial charge in [0.15, 0.2) is 0 Å². The monoisotopic (exact) mass is 262 g/mol. The average molecular weight is 262 g/mol. The number of fused-ring (bicyclic) bond motifs is 1. The van der Waals surface area contributed by atoms with Crippen LogP contribution in [0, 0.1) is 10.1 Å². The van der Waals surface area contributed by atoms with Crippen molar-refractivity contribution in [3.8, 4) is 0 Å². The van der Waals surface area contributed by atoms with Crippen molar-refractivity contribution in [2.24, 2.45) is 10.3 Å². The highest BCUT2D eigenvalue weighted by molar-refractivity contribution is 5.51. The van der Waals surface area contributed by atoms with Gasteiger partial charge in [0.05, 0.1) is 24.7 Å². The second-order valence-corrected chi connectivity index (χ2v) is 5.76. The number of hydrogen-bond donors (Lipinski definition) is 0. The maximum atomic E-state index is 10.6. The Morgan fingerprint density at radius 3 is 2.63 bits per heavy atom. The molecule has 0 radical (unpaired) electrons. The van der Waals surface area contributed by atoms with Gasteiger partial charge in [-0.1, -0.05) is 5.22 Å². The molecule has 0 unspecified atom stereocenters. The largest absolute Gasteiger partial charge is 0.325 e. The van der Waals surface area contributed by atoms with Crippen molar-refractivity contribution in [2.45, 2.75) is 12.1 Å². The quantitative estimate of drug-likeness (QED) is 0.462. The molecule has 100 valence electrons. The normalized spacial score (nSPS) is 27.6. The summed E-state index contributed by atoms with van der Waals surface area (Å²) in [5.74, 6) is 0. The van der Waals surface area contributed by atoms with Gasteiger partial charge in [0.1, 0.15) is 25.2 Å². The smallest absolute Gasteiger partial charge is 0.269 e. The summed E-state index contributed by atoms with van der Waals surface area (Å²) in [5, 5.41) is 21.1. The number of nitro groups is 1. The van der Waals surface area contributed by atoms with E-state index < -0.39 is 4.92 Å². The van der Waals surface area contributed by atoms with Gasteiger partial charge in [0, 0.05) is 12.1 Å². The van der Waals surface area contributed by atoms with Crippen LogP contribution in [0.2, 0.25) is 0 Å². The molecule has 2 aliphatic heterocycles.